The molecule has 0 fully saturated rings. The van der Waals surface area contributed by atoms with Crippen LogP contribution in [0.1, 0.15) is 12.8 Å². The second-order valence-electron chi connectivity index (χ2n) is 1.21. The van der Waals surface area contributed by atoms with Crippen LogP contribution in [0.5, 0.6) is 0 Å². The highest BCUT2D eigenvalue weighted by Gasteiger charge is 1.79. The maximum Gasteiger partial charge on any atom is 0.381 e. The SMILES string of the molecule is [CH2]CCC#CC(=O)O. The molecule has 1 N–H and O–H groups in total. The van der Waals surface area contributed by atoms with E-state index in [1.807, 2.05) is 5.92 Å². The summed E-state index contributed by atoms with van der Waals surface area (Å²) in [5.74, 6) is 3.32. The van der Waals surface area contributed by atoms with Gasteiger partial charge in [0.25, 0.3) is 0 Å². The van der Waals surface area contributed by atoms with E-state index in [4.69, 9.17) is 5.11 Å². The number of carbonyl (C=O) groups is 1. The second kappa shape index (κ2) is 4.20. The van der Waals surface area contributed by atoms with Gasteiger partial charge in [-0.15, -0.1) is 0 Å². The molecule has 0 aliphatic carbocycles. The van der Waals surface area contributed by atoms with Crippen molar-refractivity contribution < 1.29 is 9.90 Å². The van der Waals surface area contributed by atoms with Gasteiger partial charge in [-0.1, -0.05) is 12.8 Å². The molecule has 2 nitrogen and oxygen atoms in total. The van der Waals surface area contributed by atoms with Crippen LogP contribution in [0.2, 0.25) is 0 Å². The molecule has 0 amide bonds. The molecule has 0 unspecified atom stereocenters. The highest BCUT2D eigenvalue weighted by Crippen LogP contribution is 1.79. The van der Waals surface area contributed by atoms with Gasteiger partial charge in [0.2, 0.25) is 0 Å². The van der Waals surface area contributed by atoms with Crippen molar-refractivity contribution in [2.75, 3.05) is 0 Å². The number of hydrogen-bond donors (Lipinski definition) is 1. The number of hydrogen-bond acceptors (Lipinski definition) is 1. The maximum atomic E-state index is 9.68. The van der Waals surface area contributed by atoms with Gasteiger partial charge in [-0.25, -0.2) is 4.79 Å². The first-order valence-electron chi connectivity index (χ1n) is 2.28. The molecule has 8 heavy (non-hydrogen) atoms. The fraction of sp³-hybridized carbons (Fsp3) is 0.333. The van der Waals surface area contributed by atoms with Crippen molar-refractivity contribution in [2.24, 2.45) is 0 Å². The molecule has 0 aliphatic heterocycles. The Balaban J connectivity index is 3.35. The third-order valence-corrected chi connectivity index (χ3v) is 0.497. The Kier molecular flexibility index (Phi) is 3.69. The van der Waals surface area contributed by atoms with Crippen LogP contribution in [0.15, 0.2) is 0 Å². The Labute approximate surface area is 48.5 Å². The first kappa shape index (κ1) is 7.03. The number of aliphatic carboxylic acids is 1. The molecule has 1 radical (unpaired) electrons. The summed E-state index contributed by atoms with van der Waals surface area (Å²) in [5.41, 5.74) is 0. The molecule has 0 saturated carbocycles. The van der Waals surface area contributed by atoms with Crippen molar-refractivity contribution >= 4 is 5.97 Å². The van der Waals surface area contributed by atoms with E-state index >= 15 is 0 Å². The quantitative estimate of drug-likeness (QED) is 0.505. The van der Waals surface area contributed by atoms with Crippen molar-refractivity contribution in [3.63, 3.8) is 0 Å². The van der Waals surface area contributed by atoms with Crippen LogP contribution < -0.4 is 0 Å². The summed E-state index contributed by atoms with van der Waals surface area (Å²) in [7, 11) is 0. The zero-order valence-electron chi connectivity index (χ0n) is 4.48. The summed E-state index contributed by atoms with van der Waals surface area (Å²) in [5, 5.41) is 7.95. The van der Waals surface area contributed by atoms with E-state index in [2.05, 4.69) is 12.8 Å². The highest BCUT2D eigenvalue weighted by atomic mass is 16.4. The topological polar surface area (TPSA) is 37.3 Å². The van der Waals surface area contributed by atoms with Crippen LogP contribution in [0.25, 0.3) is 0 Å². The van der Waals surface area contributed by atoms with Gasteiger partial charge >= 0.3 is 5.97 Å². The molecule has 0 aromatic heterocycles. The molecule has 0 aromatic carbocycles. The van der Waals surface area contributed by atoms with Gasteiger partial charge in [0.05, 0.1) is 0 Å². The van der Waals surface area contributed by atoms with Crippen molar-refractivity contribution in [1.29, 1.82) is 0 Å². The van der Waals surface area contributed by atoms with E-state index in [1.54, 1.807) is 0 Å². The number of unbranched alkanes of at least 4 members (excludes halogenated alkanes) is 1. The minimum Gasteiger partial charge on any atom is -0.472 e. The maximum absolute atomic E-state index is 9.68. The lowest BCUT2D eigenvalue weighted by molar-refractivity contribution is -0.130. The van der Waals surface area contributed by atoms with Gasteiger partial charge < -0.3 is 5.11 Å². The van der Waals surface area contributed by atoms with E-state index in [1.165, 1.54) is 0 Å². The molecule has 0 bridgehead atoms. The van der Waals surface area contributed by atoms with Crippen LogP contribution in [-0.4, -0.2) is 11.1 Å². The molecule has 0 heterocycles. The molecule has 2 heteroatoms. The molecule has 43 valence electrons. The molecule has 0 atom stereocenters. The van der Waals surface area contributed by atoms with Crippen LogP contribution in [0.3, 0.4) is 0 Å². The molecule has 0 saturated heterocycles. The Bertz CT molecular complexity index is 127. The summed E-state index contributed by atoms with van der Waals surface area (Å²) >= 11 is 0. The van der Waals surface area contributed by atoms with Gasteiger partial charge in [-0.2, -0.15) is 0 Å². The lowest BCUT2D eigenvalue weighted by Crippen LogP contribution is -1.85. The summed E-state index contributed by atoms with van der Waals surface area (Å²) in [6.07, 6.45) is 1.23. The number of carboxylic acid groups (broad SMARTS) is 1. The van der Waals surface area contributed by atoms with Gasteiger partial charge in [-0.05, 0) is 6.42 Å². The minimum absolute atomic E-state index is 0.562. The monoisotopic (exact) mass is 111 g/mol. The Hall–Kier alpha value is -0.970. The van der Waals surface area contributed by atoms with E-state index in [-0.39, 0.29) is 0 Å². The first-order valence-corrected chi connectivity index (χ1v) is 2.28. The van der Waals surface area contributed by atoms with Gasteiger partial charge in [-0.3, -0.25) is 0 Å². The predicted octanol–water partition coefficient (Wildman–Crippen LogP) is 0.689. The Morgan fingerprint density at radius 1 is 1.75 bits per heavy atom. The molecular formula is C6H7O2. The number of rotatable bonds is 1. The smallest absolute Gasteiger partial charge is 0.381 e. The van der Waals surface area contributed by atoms with Crippen molar-refractivity contribution in [3.8, 4) is 11.8 Å². The second-order valence-corrected chi connectivity index (χ2v) is 1.21. The van der Waals surface area contributed by atoms with Crippen LogP contribution >= 0.6 is 0 Å². The minimum atomic E-state index is -1.07. The zero-order valence-corrected chi connectivity index (χ0v) is 4.48. The zero-order chi connectivity index (χ0) is 6.41. The normalized spacial score (nSPS) is 7.12. The summed E-state index contributed by atoms with van der Waals surface area (Å²) < 4.78 is 0. The largest absolute Gasteiger partial charge is 0.472 e. The highest BCUT2D eigenvalue weighted by molar-refractivity contribution is 5.86. The number of carboxylic acids is 1. The predicted molar refractivity (Wildman–Crippen MR) is 30.0 cm³/mol. The molecular weight excluding hydrogens is 104 g/mol. The van der Waals surface area contributed by atoms with Crippen LogP contribution in [-0.2, 0) is 4.79 Å². The van der Waals surface area contributed by atoms with Gasteiger partial charge in [0.15, 0.2) is 0 Å². The Morgan fingerprint density at radius 3 is 2.75 bits per heavy atom. The molecule has 0 rings (SSSR count). The van der Waals surface area contributed by atoms with E-state index in [9.17, 15) is 4.79 Å². The van der Waals surface area contributed by atoms with Crippen LogP contribution in [0, 0.1) is 18.8 Å². The van der Waals surface area contributed by atoms with E-state index < -0.39 is 5.97 Å². The third-order valence-electron chi connectivity index (χ3n) is 0.497. The standard InChI is InChI=1S/C6H7O2/c1-2-3-4-5-6(7)8/h1-3H2,(H,7,8). The Morgan fingerprint density at radius 2 is 2.38 bits per heavy atom. The lowest BCUT2D eigenvalue weighted by atomic mass is 10.3. The summed E-state index contributed by atoms with van der Waals surface area (Å²) in [6.45, 7) is 3.49. The van der Waals surface area contributed by atoms with Crippen molar-refractivity contribution in [1.82, 2.24) is 0 Å². The van der Waals surface area contributed by atoms with Crippen molar-refractivity contribution in [3.05, 3.63) is 6.92 Å². The van der Waals surface area contributed by atoms with E-state index in [0.29, 0.717) is 12.8 Å². The van der Waals surface area contributed by atoms with Gasteiger partial charge in [0.1, 0.15) is 0 Å². The average Bonchev–Trinajstić information content (AvgIpc) is 1.66. The van der Waals surface area contributed by atoms with E-state index in [0.717, 1.165) is 0 Å². The van der Waals surface area contributed by atoms with Crippen LogP contribution in [0.4, 0.5) is 0 Å². The van der Waals surface area contributed by atoms with Crippen molar-refractivity contribution in [2.45, 2.75) is 12.8 Å². The fourth-order valence-corrected chi connectivity index (χ4v) is 0.227. The first-order chi connectivity index (χ1) is 3.77. The molecule has 0 aliphatic rings. The summed E-state index contributed by atoms with van der Waals surface area (Å²) in [4.78, 5) is 9.68. The fourth-order valence-electron chi connectivity index (χ4n) is 0.227. The average molecular weight is 111 g/mol. The molecule has 0 aromatic rings. The molecule has 0 spiro atoms. The lowest BCUT2D eigenvalue weighted by Gasteiger charge is -1.73. The third kappa shape index (κ3) is 5.03. The summed E-state index contributed by atoms with van der Waals surface area (Å²) in [6, 6.07) is 0. The van der Waals surface area contributed by atoms with Gasteiger partial charge in [0, 0.05) is 12.3 Å².